The summed E-state index contributed by atoms with van der Waals surface area (Å²) in [6.45, 7) is 0. The van der Waals surface area contributed by atoms with E-state index in [9.17, 15) is 4.79 Å². The predicted octanol–water partition coefficient (Wildman–Crippen LogP) is 3.69. The molecule has 0 spiro atoms. The molecule has 0 saturated heterocycles. The molecule has 0 N–H and O–H groups in total. The molecule has 0 radical (unpaired) electrons. The summed E-state index contributed by atoms with van der Waals surface area (Å²) in [7, 11) is 6.12. The van der Waals surface area contributed by atoms with E-state index in [-0.39, 0.29) is 5.78 Å². The van der Waals surface area contributed by atoms with Crippen LogP contribution in [0.3, 0.4) is 0 Å². The van der Waals surface area contributed by atoms with Gasteiger partial charge in [-0.2, -0.15) is 0 Å². The van der Waals surface area contributed by atoms with Gasteiger partial charge in [-0.1, -0.05) is 30.3 Å². The van der Waals surface area contributed by atoms with Crippen molar-refractivity contribution in [3.8, 4) is 0 Å². The van der Waals surface area contributed by atoms with Crippen LogP contribution in [0.25, 0.3) is 5.70 Å². The zero-order valence-electron chi connectivity index (χ0n) is 14.2. The molecule has 1 aliphatic carbocycles. The van der Waals surface area contributed by atoms with Crippen LogP contribution >= 0.6 is 0 Å². The number of ketones is 1. The maximum atomic E-state index is 12.6. The molecule has 0 aliphatic heterocycles. The lowest BCUT2D eigenvalue weighted by Gasteiger charge is -2.20. The van der Waals surface area contributed by atoms with Crippen molar-refractivity contribution < 1.29 is 4.79 Å². The van der Waals surface area contributed by atoms with Gasteiger partial charge >= 0.3 is 0 Å². The SMILES string of the molecule is CN(C)/C(=C/C(=O)c1ccccc1)c1cn(C)c2c1CCCC2. The summed E-state index contributed by atoms with van der Waals surface area (Å²) in [6, 6.07) is 9.47. The molecule has 0 atom stereocenters. The van der Waals surface area contributed by atoms with Crippen LogP contribution in [0.5, 0.6) is 0 Å². The van der Waals surface area contributed by atoms with Crippen molar-refractivity contribution in [2.75, 3.05) is 14.1 Å². The Morgan fingerprint density at radius 2 is 1.83 bits per heavy atom. The first-order valence-corrected chi connectivity index (χ1v) is 8.23. The Kier molecular flexibility index (Phi) is 4.37. The molecule has 23 heavy (non-hydrogen) atoms. The highest BCUT2D eigenvalue weighted by Crippen LogP contribution is 2.31. The number of carbonyl (C=O) groups is 1. The van der Waals surface area contributed by atoms with Gasteiger partial charge in [-0.3, -0.25) is 4.79 Å². The maximum Gasteiger partial charge on any atom is 0.187 e. The third-order valence-corrected chi connectivity index (χ3v) is 4.60. The Morgan fingerprint density at radius 1 is 1.13 bits per heavy atom. The summed E-state index contributed by atoms with van der Waals surface area (Å²) in [4.78, 5) is 14.6. The fraction of sp³-hybridized carbons (Fsp3) is 0.350. The van der Waals surface area contributed by atoms with Gasteiger partial charge in [-0.25, -0.2) is 0 Å². The van der Waals surface area contributed by atoms with Crippen molar-refractivity contribution in [1.29, 1.82) is 0 Å². The van der Waals surface area contributed by atoms with E-state index < -0.39 is 0 Å². The zero-order valence-corrected chi connectivity index (χ0v) is 14.2. The molecule has 120 valence electrons. The van der Waals surface area contributed by atoms with Crippen molar-refractivity contribution >= 4 is 11.5 Å². The molecular weight excluding hydrogens is 284 g/mol. The monoisotopic (exact) mass is 308 g/mol. The lowest BCUT2D eigenvalue weighted by molar-refractivity contribution is 0.104. The fourth-order valence-electron chi connectivity index (χ4n) is 3.40. The van der Waals surface area contributed by atoms with E-state index in [1.165, 1.54) is 29.7 Å². The molecule has 1 heterocycles. The number of aryl methyl sites for hydroxylation is 1. The predicted molar refractivity (Wildman–Crippen MR) is 94.5 cm³/mol. The second-order valence-electron chi connectivity index (χ2n) is 6.44. The Bertz CT molecular complexity index is 739. The number of benzene rings is 1. The second-order valence-corrected chi connectivity index (χ2v) is 6.44. The van der Waals surface area contributed by atoms with Crippen molar-refractivity contribution in [3.05, 3.63) is 65.0 Å². The highest BCUT2D eigenvalue weighted by Gasteiger charge is 2.21. The second kappa shape index (κ2) is 6.45. The number of rotatable bonds is 4. The van der Waals surface area contributed by atoms with Crippen molar-refractivity contribution in [1.82, 2.24) is 9.47 Å². The molecule has 2 aromatic rings. The van der Waals surface area contributed by atoms with Crippen LogP contribution in [-0.4, -0.2) is 29.3 Å². The molecule has 1 aromatic heterocycles. The van der Waals surface area contributed by atoms with Crippen LogP contribution in [0.1, 0.15) is 40.0 Å². The number of carbonyl (C=O) groups excluding carboxylic acids is 1. The first-order valence-electron chi connectivity index (χ1n) is 8.23. The molecular formula is C20H24N2O. The molecule has 1 aromatic carbocycles. The van der Waals surface area contributed by atoms with Gasteiger partial charge in [0.2, 0.25) is 0 Å². The third-order valence-electron chi connectivity index (χ3n) is 4.60. The quantitative estimate of drug-likeness (QED) is 0.636. The summed E-state index contributed by atoms with van der Waals surface area (Å²) >= 11 is 0. The van der Waals surface area contributed by atoms with E-state index in [2.05, 4.69) is 17.8 Å². The van der Waals surface area contributed by atoms with Crippen molar-refractivity contribution in [3.63, 3.8) is 0 Å². The lowest BCUT2D eigenvalue weighted by atomic mass is 9.93. The summed E-state index contributed by atoms with van der Waals surface area (Å²) in [5.41, 5.74) is 5.77. The summed E-state index contributed by atoms with van der Waals surface area (Å²) in [5, 5.41) is 0. The normalized spacial score (nSPS) is 14.5. The van der Waals surface area contributed by atoms with Gasteiger partial charge in [0.05, 0.1) is 0 Å². The Hall–Kier alpha value is -2.29. The van der Waals surface area contributed by atoms with Crippen LogP contribution in [0.2, 0.25) is 0 Å². The van der Waals surface area contributed by atoms with Crippen LogP contribution in [-0.2, 0) is 19.9 Å². The molecule has 0 bridgehead atoms. The Labute approximate surface area is 138 Å². The van der Waals surface area contributed by atoms with E-state index in [1.54, 1.807) is 6.08 Å². The fourth-order valence-corrected chi connectivity index (χ4v) is 3.40. The Morgan fingerprint density at radius 3 is 2.52 bits per heavy atom. The van der Waals surface area contributed by atoms with Crippen LogP contribution < -0.4 is 0 Å². The zero-order chi connectivity index (χ0) is 16.4. The van der Waals surface area contributed by atoms with Gasteiger partial charge in [0, 0.05) is 55.9 Å². The topological polar surface area (TPSA) is 25.2 Å². The highest BCUT2D eigenvalue weighted by atomic mass is 16.1. The lowest BCUT2D eigenvalue weighted by Crippen LogP contribution is -2.14. The van der Waals surface area contributed by atoms with Gasteiger partial charge < -0.3 is 9.47 Å². The minimum absolute atomic E-state index is 0.0581. The summed E-state index contributed by atoms with van der Waals surface area (Å²) in [5.74, 6) is 0.0581. The first-order chi connectivity index (χ1) is 11.1. The summed E-state index contributed by atoms with van der Waals surface area (Å²) < 4.78 is 2.23. The number of aromatic nitrogens is 1. The standard InChI is InChI=1S/C20H24N2O/c1-21(2)19(13-20(23)15-9-5-4-6-10-15)17-14-22(3)18-12-8-7-11-16(17)18/h4-6,9-10,13-14H,7-8,11-12H2,1-3H3/b19-13+. The van der Waals surface area contributed by atoms with E-state index in [0.717, 1.165) is 24.1 Å². The molecule has 0 unspecified atom stereocenters. The third kappa shape index (κ3) is 3.09. The number of hydrogen-bond donors (Lipinski definition) is 0. The Balaban J connectivity index is 2.03. The van der Waals surface area contributed by atoms with E-state index in [1.807, 2.05) is 49.3 Å². The van der Waals surface area contributed by atoms with Gasteiger partial charge in [0.1, 0.15) is 0 Å². The van der Waals surface area contributed by atoms with Crippen molar-refractivity contribution in [2.24, 2.45) is 7.05 Å². The molecule has 3 nitrogen and oxygen atoms in total. The minimum Gasteiger partial charge on any atom is -0.377 e. The first kappa shape index (κ1) is 15.6. The van der Waals surface area contributed by atoms with Crippen molar-refractivity contribution in [2.45, 2.75) is 25.7 Å². The number of allylic oxidation sites excluding steroid dienone is 1. The van der Waals surface area contributed by atoms with Gasteiger partial charge in [-0.15, -0.1) is 0 Å². The average Bonchev–Trinajstić information content (AvgIpc) is 2.90. The van der Waals surface area contributed by atoms with E-state index in [0.29, 0.717) is 0 Å². The maximum absolute atomic E-state index is 12.6. The average molecular weight is 308 g/mol. The molecule has 0 fully saturated rings. The van der Waals surface area contributed by atoms with Crippen LogP contribution in [0, 0.1) is 0 Å². The smallest absolute Gasteiger partial charge is 0.187 e. The number of fused-ring (bicyclic) bond motifs is 1. The molecule has 1 aliphatic rings. The van der Waals surface area contributed by atoms with Crippen LogP contribution in [0.15, 0.2) is 42.6 Å². The largest absolute Gasteiger partial charge is 0.377 e. The van der Waals surface area contributed by atoms with Gasteiger partial charge in [0.15, 0.2) is 5.78 Å². The molecule has 3 rings (SSSR count). The molecule has 3 heteroatoms. The highest BCUT2D eigenvalue weighted by molar-refractivity contribution is 6.08. The number of nitrogens with zero attached hydrogens (tertiary/aromatic N) is 2. The van der Waals surface area contributed by atoms with E-state index in [4.69, 9.17) is 0 Å². The minimum atomic E-state index is 0.0581. The van der Waals surface area contributed by atoms with Gasteiger partial charge in [0.25, 0.3) is 0 Å². The summed E-state index contributed by atoms with van der Waals surface area (Å²) in [6.07, 6.45) is 8.70. The van der Waals surface area contributed by atoms with E-state index >= 15 is 0 Å². The number of hydrogen-bond acceptors (Lipinski definition) is 2. The molecule has 0 amide bonds. The van der Waals surface area contributed by atoms with Gasteiger partial charge in [-0.05, 0) is 31.2 Å². The molecule has 0 saturated carbocycles. The van der Waals surface area contributed by atoms with Crippen LogP contribution in [0.4, 0.5) is 0 Å².